The Morgan fingerprint density at radius 3 is 2.03 bits per heavy atom. The first-order valence-corrected chi connectivity index (χ1v) is 12.9. The highest BCUT2D eigenvalue weighted by molar-refractivity contribution is 8.00. The molecule has 1 amide bonds. The summed E-state index contributed by atoms with van der Waals surface area (Å²) < 4.78 is 10.6. The number of thioether (sulfide) groups is 1. The Bertz CT molecular complexity index is 1260. The van der Waals surface area contributed by atoms with Gasteiger partial charge in [-0.3, -0.25) is 4.79 Å². The maximum absolute atomic E-state index is 13.1. The molecule has 186 valence electrons. The second-order valence-corrected chi connectivity index (χ2v) is 9.95. The van der Waals surface area contributed by atoms with Crippen molar-refractivity contribution in [2.24, 2.45) is 0 Å². The lowest BCUT2D eigenvalue weighted by Gasteiger charge is -2.13. The maximum Gasteiger partial charge on any atom is 0.237 e. The average Bonchev–Trinajstić information content (AvgIpc) is 3.30. The number of aromatic nitrogens is 2. The van der Waals surface area contributed by atoms with E-state index in [-0.39, 0.29) is 11.2 Å². The number of benzene rings is 3. The van der Waals surface area contributed by atoms with Crippen LogP contribution in [0.2, 0.25) is 10.0 Å². The molecule has 0 saturated carbocycles. The largest absolute Gasteiger partial charge is 0.497 e. The van der Waals surface area contributed by atoms with E-state index in [1.165, 1.54) is 11.8 Å². The van der Waals surface area contributed by atoms with E-state index in [2.05, 4.69) is 10.3 Å². The van der Waals surface area contributed by atoms with Gasteiger partial charge in [-0.25, -0.2) is 4.98 Å². The van der Waals surface area contributed by atoms with Crippen molar-refractivity contribution in [1.82, 2.24) is 9.97 Å². The normalized spacial score (nSPS) is 11.7. The standard InChI is InChI=1S/C27H25Cl2N3O3S/c1-4-23(26(33)30-20-14-18(28)13-19(29)15-20)36-27-31-24(16-5-9-21(34-2)10-6-16)25(32-27)17-7-11-22(35-3)12-8-17/h5-15,23H,4H2,1-3H3,(H,30,33)(H,31,32). The van der Waals surface area contributed by atoms with Crippen molar-refractivity contribution >= 4 is 46.6 Å². The third-order valence-corrected chi connectivity index (χ3v) is 7.16. The van der Waals surface area contributed by atoms with Crippen molar-refractivity contribution in [3.05, 3.63) is 76.8 Å². The van der Waals surface area contributed by atoms with E-state index in [4.69, 9.17) is 37.7 Å². The van der Waals surface area contributed by atoms with Crippen LogP contribution in [-0.2, 0) is 4.79 Å². The Morgan fingerprint density at radius 2 is 1.50 bits per heavy atom. The summed E-state index contributed by atoms with van der Waals surface area (Å²) in [6, 6.07) is 20.4. The van der Waals surface area contributed by atoms with Crippen molar-refractivity contribution in [3.8, 4) is 34.0 Å². The fraction of sp³-hybridized carbons (Fsp3) is 0.185. The van der Waals surface area contributed by atoms with Crippen LogP contribution in [0, 0.1) is 0 Å². The molecule has 0 aliphatic rings. The summed E-state index contributed by atoms with van der Waals surface area (Å²) in [5.74, 6) is 1.37. The minimum Gasteiger partial charge on any atom is -0.497 e. The lowest BCUT2D eigenvalue weighted by molar-refractivity contribution is -0.115. The van der Waals surface area contributed by atoms with Crippen LogP contribution in [0.5, 0.6) is 11.5 Å². The average molecular weight is 542 g/mol. The van der Waals surface area contributed by atoms with Gasteiger partial charge in [0.1, 0.15) is 11.5 Å². The molecule has 2 N–H and O–H groups in total. The van der Waals surface area contributed by atoms with Crippen LogP contribution in [-0.4, -0.2) is 35.3 Å². The number of rotatable bonds is 9. The molecule has 0 aliphatic carbocycles. The van der Waals surface area contributed by atoms with E-state index in [0.29, 0.717) is 27.3 Å². The van der Waals surface area contributed by atoms with E-state index in [9.17, 15) is 4.79 Å². The Morgan fingerprint density at radius 1 is 0.944 bits per heavy atom. The van der Waals surface area contributed by atoms with Gasteiger partial charge in [0.05, 0.1) is 30.9 Å². The summed E-state index contributed by atoms with van der Waals surface area (Å²) in [6.45, 7) is 1.96. The molecule has 0 fully saturated rings. The number of amides is 1. The van der Waals surface area contributed by atoms with Crippen LogP contribution in [0.3, 0.4) is 0 Å². The van der Waals surface area contributed by atoms with Crippen molar-refractivity contribution in [2.75, 3.05) is 19.5 Å². The number of hydrogen-bond acceptors (Lipinski definition) is 5. The molecule has 0 spiro atoms. The molecule has 0 bridgehead atoms. The molecule has 9 heteroatoms. The Hall–Kier alpha value is -3.13. The number of H-pyrrole nitrogens is 1. The van der Waals surface area contributed by atoms with Gasteiger partial charge in [0, 0.05) is 26.9 Å². The number of carbonyl (C=O) groups excluding carboxylic acids is 1. The Balaban J connectivity index is 1.64. The molecule has 1 atom stereocenters. The number of methoxy groups -OCH3 is 2. The molecule has 4 rings (SSSR count). The van der Waals surface area contributed by atoms with Gasteiger partial charge in [-0.1, -0.05) is 41.9 Å². The highest BCUT2D eigenvalue weighted by Crippen LogP contribution is 2.36. The molecule has 36 heavy (non-hydrogen) atoms. The molecule has 1 heterocycles. The molecular weight excluding hydrogens is 517 g/mol. The van der Waals surface area contributed by atoms with Gasteiger partial charge in [0.2, 0.25) is 5.91 Å². The first-order valence-electron chi connectivity index (χ1n) is 11.2. The lowest BCUT2D eigenvalue weighted by Crippen LogP contribution is -2.24. The predicted molar refractivity (Wildman–Crippen MR) is 148 cm³/mol. The lowest BCUT2D eigenvalue weighted by atomic mass is 10.0. The zero-order chi connectivity index (χ0) is 25.7. The van der Waals surface area contributed by atoms with Gasteiger partial charge in [-0.2, -0.15) is 0 Å². The quantitative estimate of drug-likeness (QED) is 0.213. The van der Waals surface area contributed by atoms with E-state index in [0.717, 1.165) is 34.0 Å². The number of nitrogens with one attached hydrogen (secondary N) is 2. The topological polar surface area (TPSA) is 76.2 Å². The zero-order valence-corrected chi connectivity index (χ0v) is 22.3. The number of carbonyl (C=O) groups is 1. The van der Waals surface area contributed by atoms with Gasteiger partial charge in [0.15, 0.2) is 5.16 Å². The van der Waals surface area contributed by atoms with Crippen LogP contribution in [0.4, 0.5) is 5.69 Å². The number of hydrogen-bond donors (Lipinski definition) is 2. The monoisotopic (exact) mass is 541 g/mol. The van der Waals surface area contributed by atoms with Crippen LogP contribution >= 0.6 is 35.0 Å². The van der Waals surface area contributed by atoms with Gasteiger partial charge >= 0.3 is 0 Å². The smallest absolute Gasteiger partial charge is 0.237 e. The van der Waals surface area contributed by atoms with Crippen LogP contribution < -0.4 is 14.8 Å². The van der Waals surface area contributed by atoms with Gasteiger partial charge in [-0.15, -0.1) is 0 Å². The van der Waals surface area contributed by atoms with Gasteiger partial charge in [0.25, 0.3) is 0 Å². The maximum atomic E-state index is 13.1. The fourth-order valence-electron chi connectivity index (χ4n) is 3.64. The number of ether oxygens (including phenoxy) is 2. The molecule has 1 unspecified atom stereocenters. The first kappa shape index (κ1) is 25.9. The van der Waals surface area contributed by atoms with E-state index in [1.807, 2.05) is 55.5 Å². The van der Waals surface area contributed by atoms with E-state index < -0.39 is 0 Å². The third-order valence-electron chi connectivity index (χ3n) is 5.47. The fourth-order valence-corrected chi connectivity index (χ4v) is 5.07. The summed E-state index contributed by atoms with van der Waals surface area (Å²) in [4.78, 5) is 21.4. The highest BCUT2D eigenvalue weighted by atomic mass is 35.5. The van der Waals surface area contributed by atoms with E-state index in [1.54, 1.807) is 32.4 Å². The van der Waals surface area contributed by atoms with Gasteiger partial charge in [-0.05, 0) is 73.2 Å². The predicted octanol–water partition coefficient (Wildman–Crippen LogP) is 7.58. The number of anilines is 1. The second-order valence-electron chi connectivity index (χ2n) is 7.88. The molecule has 6 nitrogen and oxygen atoms in total. The first-order chi connectivity index (χ1) is 17.4. The zero-order valence-electron chi connectivity index (χ0n) is 20.0. The Kier molecular flexibility index (Phi) is 8.46. The van der Waals surface area contributed by atoms with Crippen molar-refractivity contribution in [1.29, 1.82) is 0 Å². The molecular formula is C27H25Cl2N3O3S. The molecule has 0 aliphatic heterocycles. The number of halogens is 2. The van der Waals surface area contributed by atoms with Crippen molar-refractivity contribution in [3.63, 3.8) is 0 Å². The van der Waals surface area contributed by atoms with Gasteiger partial charge < -0.3 is 19.8 Å². The van der Waals surface area contributed by atoms with Crippen LogP contribution in [0.15, 0.2) is 71.9 Å². The van der Waals surface area contributed by atoms with Crippen LogP contribution in [0.1, 0.15) is 13.3 Å². The molecule has 4 aromatic rings. The van der Waals surface area contributed by atoms with Crippen LogP contribution in [0.25, 0.3) is 22.5 Å². The Labute approximate surface area is 224 Å². The number of nitrogens with zero attached hydrogens (tertiary/aromatic N) is 1. The summed E-state index contributed by atoms with van der Waals surface area (Å²) in [7, 11) is 3.27. The molecule has 0 radical (unpaired) electrons. The SMILES string of the molecule is CCC(Sc1nc(-c2ccc(OC)cc2)c(-c2ccc(OC)cc2)[nH]1)C(=O)Nc1cc(Cl)cc(Cl)c1. The summed E-state index contributed by atoms with van der Waals surface area (Å²) in [6.07, 6.45) is 0.598. The highest BCUT2D eigenvalue weighted by Gasteiger charge is 2.22. The van der Waals surface area contributed by atoms with Crippen molar-refractivity contribution in [2.45, 2.75) is 23.8 Å². The second kappa shape index (κ2) is 11.7. The third kappa shape index (κ3) is 6.16. The minimum absolute atomic E-state index is 0.158. The summed E-state index contributed by atoms with van der Waals surface area (Å²) >= 11 is 13.5. The number of aromatic amines is 1. The minimum atomic E-state index is -0.388. The number of imidazole rings is 1. The summed E-state index contributed by atoms with van der Waals surface area (Å²) in [5, 5.41) is 4.07. The summed E-state index contributed by atoms with van der Waals surface area (Å²) in [5.41, 5.74) is 4.06. The van der Waals surface area contributed by atoms with E-state index >= 15 is 0 Å². The molecule has 3 aromatic carbocycles. The van der Waals surface area contributed by atoms with Crippen molar-refractivity contribution < 1.29 is 14.3 Å². The molecule has 0 saturated heterocycles. The molecule has 1 aromatic heterocycles.